The highest BCUT2D eigenvalue weighted by Crippen LogP contribution is 2.29. The summed E-state index contributed by atoms with van der Waals surface area (Å²) < 4.78 is 7.21. The average Bonchev–Trinajstić information content (AvgIpc) is 3.00. The molecular formula is C15H10N2O3. The fraction of sp³-hybridized carbons (Fsp3) is 0.0667. The first-order valence-corrected chi connectivity index (χ1v) is 5.98. The van der Waals surface area contributed by atoms with Crippen LogP contribution in [-0.2, 0) is 11.3 Å². The van der Waals surface area contributed by atoms with Gasteiger partial charge in [-0.1, -0.05) is 18.2 Å². The summed E-state index contributed by atoms with van der Waals surface area (Å²) in [5, 5.41) is 18.8. The van der Waals surface area contributed by atoms with Gasteiger partial charge in [0.1, 0.15) is 18.2 Å². The standard InChI is InChI=1S/C15H10N2O3/c16-7-10-5-12(17(8-10)9-15(18)19)14-6-11-3-1-2-4-13(11)20-14/h1-6,8H,9H2,(H,18,19). The first kappa shape index (κ1) is 12.1. The van der Waals surface area contributed by atoms with Gasteiger partial charge in [0.05, 0.1) is 11.3 Å². The lowest BCUT2D eigenvalue weighted by atomic mass is 10.2. The molecule has 5 nitrogen and oxygen atoms in total. The van der Waals surface area contributed by atoms with Gasteiger partial charge in [-0.3, -0.25) is 4.79 Å². The molecule has 0 aliphatic heterocycles. The molecule has 3 aromatic rings. The van der Waals surface area contributed by atoms with Crippen LogP contribution in [0.25, 0.3) is 22.4 Å². The SMILES string of the molecule is N#Cc1cc(-c2cc3ccccc3o2)n(CC(=O)O)c1. The summed E-state index contributed by atoms with van der Waals surface area (Å²) in [4.78, 5) is 10.9. The van der Waals surface area contributed by atoms with E-state index in [-0.39, 0.29) is 6.54 Å². The molecule has 0 amide bonds. The fourth-order valence-corrected chi connectivity index (χ4v) is 2.16. The number of furan rings is 1. The average molecular weight is 266 g/mol. The predicted octanol–water partition coefficient (Wildman–Crippen LogP) is 2.86. The monoisotopic (exact) mass is 266 g/mol. The molecule has 0 spiro atoms. The normalized spacial score (nSPS) is 10.6. The van der Waals surface area contributed by atoms with Crippen LogP contribution < -0.4 is 0 Å². The Morgan fingerprint density at radius 2 is 2.15 bits per heavy atom. The van der Waals surface area contributed by atoms with Crippen molar-refractivity contribution in [2.75, 3.05) is 0 Å². The number of carbonyl (C=O) groups is 1. The van der Waals surface area contributed by atoms with E-state index in [2.05, 4.69) is 0 Å². The maximum absolute atomic E-state index is 10.9. The van der Waals surface area contributed by atoms with E-state index in [0.717, 1.165) is 11.0 Å². The molecule has 0 bridgehead atoms. The number of nitrogens with zero attached hydrogens (tertiary/aromatic N) is 2. The number of aromatic nitrogens is 1. The van der Waals surface area contributed by atoms with Crippen molar-refractivity contribution in [3.05, 3.63) is 48.2 Å². The smallest absolute Gasteiger partial charge is 0.323 e. The Hall–Kier alpha value is -3.00. The second kappa shape index (κ2) is 4.59. The second-order valence-corrected chi connectivity index (χ2v) is 4.40. The Morgan fingerprint density at radius 3 is 2.85 bits per heavy atom. The molecule has 0 saturated carbocycles. The van der Waals surface area contributed by atoms with Gasteiger partial charge in [-0.25, -0.2) is 0 Å². The quantitative estimate of drug-likeness (QED) is 0.790. The van der Waals surface area contributed by atoms with Gasteiger partial charge >= 0.3 is 5.97 Å². The van der Waals surface area contributed by atoms with Crippen LogP contribution in [0.4, 0.5) is 0 Å². The highest BCUT2D eigenvalue weighted by atomic mass is 16.4. The van der Waals surface area contributed by atoms with Crippen LogP contribution in [-0.4, -0.2) is 15.6 Å². The third kappa shape index (κ3) is 2.04. The number of carboxylic acids is 1. The minimum Gasteiger partial charge on any atom is -0.480 e. The van der Waals surface area contributed by atoms with Crippen molar-refractivity contribution in [1.82, 2.24) is 4.57 Å². The predicted molar refractivity (Wildman–Crippen MR) is 72.0 cm³/mol. The van der Waals surface area contributed by atoms with E-state index in [1.807, 2.05) is 36.4 Å². The topological polar surface area (TPSA) is 79.2 Å². The molecule has 98 valence electrons. The van der Waals surface area contributed by atoms with E-state index in [0.29, 0.717) is 17.0 Å². The summed E-state index contributed by atoms with van der Waals surface area (Å²) in [6.07, 6.45) is 1.51. The maximum Gasteiger partial charge on any atom is 0.323 e. The molecule has 20 heavy (non-hydrogen) atoms. The van der Waals surface area contributed by atoms with Crippen LogP contribution >= 0.6 is 0 Å². The maximum atomic E-state index is 10.9. The first-order valence-electron chi connectivity index (χ1n) is 5.98. The zero-order chi connectivity index (χ0) is 14.1. The molecule has 0 unspecified atom stereocenters. The van der Waals surface area contributed by atoms with Crippen LogP contribution in [0.2, 0.25) is 0 Å². The van der Waals surface area contributed by atoms with Gasteiger partial charge in [0.25, 0.3) is 0 Å². The van der Waals surface area contributed by atoms with Gasteiger partial charge in [-0.2, -0.15) is 5.26 Å². The summed E-state index contributed by atoms with van der Waals surface area (Å²) in [5.41, 5.74) is 1.71. The number of aliphatic carboxylic acids is 1. The van der Waals surface area contributed by atoms with Gasteiger partial charge in [0.2, 0.25) is 0 Å². The zero-order valence-electron chi connectivity index (χ0n) is 10.4. The Bertz CT molecular complexity index is 803. The van der Waals surface area contributed by atoms with E-state index in [1.54, 1.807) is 6.07 Å². The highest BCUT2D eigenvalue weighted by molar-refractivity contribution is 5.82. The summed E-state index contributed by atoms with van der Waals surface area (Å²) in [7, 11) is 0. The molecular weight excluding hydrogens is 256 g/mol. The van der Waals surface area contributed by atoms with Crippen molar-refractivity contribution in [2.24, 2.45) is 0 Å². The number of rotatable bonds is 3. The molecule has 3 rings (SSSR count). The van der Waals surface area contributed by atoms with Gasteiger partial charge in [0.15, 0.2) is 5.76 Å². The molecule has 0 saturated heterocycles. The van der Waals surface area contributed by atoms with E-state index in [9.17, 15) is 4.79 Å². The number of carboxylic acid groups (broad SMARTS) is 1. The molecule has 1 aromatic carbocycles. The lowest BCUT2D eigenvalue weighted by Gasteiger charge is -2.02. The number of para-hydroxylation sites is 1. The van der Waals surface area contributed by atoms with Crippen molar-refractivity contribution < 1.29 is 14.3 Å². The Balaban J connectivity index is 2.14. The van der Waals surface area contributed by atoms with Crippen molar-refractivity contribution in [3.63, 3.8) is 0 Å². The van der Waals surface area contributed by atoms with Gasteiger partial charge < -0.3 is 14.1 Å². The minimum atomic E-state index is -0.970. The van der Waals surface area contributed by atoms with E-state index >= 15 is 0 Å². The molecule has 0 aliphatic rings. The zero-order valence-corrected chi connectivity index (χ0v) is 10.4. The second-order valence-electron chi connectivity index (χ2n) is 4.40. The third-order valence-electron chi connectivity index (χ3n) is 3.01. The van der Waals surface area contributed by atoms with Crippen LogP contribution in [0, 0.1) is 11.3 Å². The highest BCUT2D eigenvalue weighted by Gasteiger charge is 2.14. The lowest BCUT2D eigenvalue weighted by Crippen LogP contribution is -2.08. The molecule has 1 N–H and O–H groups in total. The molecule has 0 aliphatic carbocycles. The number of benzene rings is 1. The molecule has 0 atom stereocenters. The number of hydrogen-bond donors (Lipinski definition) is 1. The van der Waals surface area contributed by atoms with Crippen LogP contribution in [0.1, 0.15) is 5.56 Å². The summed E-state index contributed by atoms with van der Waals surface area (Å²) in [5.74, 6) is -0.420. The molecule has 0 fully saturated rings. The molecule has 5 heteroatoms. The van der Waals surface area contributed by atoms with Crippen molar-refractivity contribution in [1.29, 1.82) is 5.26 Å². The Kier molecular flexibility index (Phi) is 2.77. The number of fused-ring (bicyclic) bond motifs is 1. The first-order chi connectivity index (χ1) is 9.67. The molecule has 2 heterocycles. The van der Waals surface area contributed by atoms with E-state index in [1.165, 1.54) is 10.8 Å². The van der Waals surface area contributed by atoms with Gasteiger partial charge in [-0.15, -0.1) is 0 Å². The largest absolute Gasteiger partial charge is 0.480 e. The molecule has 2 aromatic heterocycles. The number of hydrogen-bond acceptors (Lipinski definition) is 3. The van der Waals surface area contributed by atoms with Crippen molar-refractivity contribution >= 4 is 16.9 Å². The van der Waals surface area contributed by atoms with E-state index in [4.69, 9.17) is 14.8 Å². The Morgan fingerprint density at radius 1 is 1.35 bits per heavy atom. The summed E-state index contributed by atoms with van der Waals surface area (Å²) in [6.45, 7) is -0.214. The van der Waals surface area contributed by atoms with E-state index < -0.39 is 5.97 Å². The lowest BCUT2D eigenvalue weighted by molar-refractivity contribution is -0.137. The summed E-state index contributed by atoms with van der Waals surface area (Å²) >= 11 is 0. The number of nitriles is 1. The Labute approximate surface area is 114 Å². The minimum absolute atomic E-state index is 0.214. The van der Waals surface area contributed by atoms with Crippen LogP contribution in [0.3, 0.4) is 0 Å². The van der Waals surface area contributed by atoms with Crippen molar-refractivity contribution in [2.45, 2.75) is 6.54 Å². The fourth-order valence-electron chi connectivity index (χ4n) is 2.16. The van der Waals surface area contributed by atoms with Crippen LogP contribution in [0.15, 0.2) is 47.0 Å². The van der Waals surface area contributed by atoms with Gasteiger partial charge in [0, 0.05) is 11.6 Å². The van der Waals surface area contributed by atoms with Gasteiger partial charge in [-0.05, 0) is 18.2 Å². The molecule has 0 radical (unpaired) electrons. The third-order valence-corrected chi connectivity index (χ3v) is 3.01. The van der Waals surface area contributed by atoms with Crippen LogP contribution in [0.5, 0.6) is 0 Å². The summed E-state index contributed by atoms with van der Waals surface area (Å²) in [6, 6.07) is 13.0. The van der Waals surface area contributed by atoms with Crippen molar-refractivity contribution in [3.8, 4) is 17.5 Å².